The van der Waals surface area contributed by atoms with Crippen LogP contribution in [0.3, 0.4) is 0 Å². The van der Waals surface area contributed by atoms with Crippen LogP contribution in [0, 0.1) is 0 Å². The fourth-order valence-corrected chi connectivity index (χ4v) is 2.88. The number of aliphatic imine (C=N–C) groups is 1. The normalized spacial score (nSPS) is 11.3. The van der Waals surface area contributed by atoms with Gasteiger partial charge in [-0.3, -0.25) is 4.99 Å². The van der Waals surface area contributed by atoms with E-state index in [-0.39, 0.29) is 0 Å². The highest BCUT2D eigenvalue weighted by molar-refractivity contribution is 5.79. The average molecular weight is 377 g/mol. The molecule has 0 saturated heterocycles. The first-order valence-corrected chi connectivity index (χ1v) is 9.45. The minimum Gasteiger partial charge on any atom is -0.378 e. The average Bonchev–Trinajstić information content (AvgIpc) is 3.26. The van der Waals surface area contributed by atoms with E-state index in [0.29, 0.717) is 0 Å². The molecule has 6 nitrogen and oxygen atoms in total. The standard InChI is InChI=1S/C22H28N6/c1-23-22(25-17-19-7-9-20(10-8-19)27(2)3)24-15-13-18-5-11-21(12-6-18)28-16-4-14-26-28/h4-12,14,16H,13,15,17H2,1-3H3,(H2,23,24,25). The van der Waals surface area contributed by atoms with Gasteiger partial charge in [0.1, 0.15) is 0 Å². The number of nitrogens with one attached hydrogen (secondary N) is 2. The second-order valence-electron chi connectivity index (χ2n) is 6.78. The van der Waals surface area contributed by atoms with Crippen molar-refractivity contribution in [1.29, 1.82) is 0 Å². The van der Waals surface area contributed by atoms with E-state index in [4.69, 9.17) is 0 Å². The number of hydrogen-bond donors (Lipinski definition) is 2. The Balaban J connectivity index is 1.44. The molecule has 1 aromatic heterocycles. The molecule has 0 aliphatic rings. The maximum Gasteiger partial charge on any atom is 0.191 e. The van der Waals surface area contributed by atoms with E-state index in [0.717, 1.165) is 31.2 Å². The quantitative estimate of drug-likeness (QED) is 0.492. The lowest BCUT2D eigenvalue weighted by Gasteiger charge is -2.14. The first kappa shape index (κ1) is 19.5. The Labute approximate surface area is 166 Å². The van der Waals surface area contributed by atoms with Crippen molar-refractivity contribution in [3.63, 3.8) is 0 Å². The van der Waals surface area contributed by atoms with Gasteiger partial charge in [0.15, 0.2) is 5.96 Å². The van der Waals surface area contributed by atoms with Crippen molar-refractivity contribution in [3.8, 4) is 5.69 Å². The van der Waals surface area contributed by atoms with E-state index in [1.165, 1.54) is 16.8 Å². The lowest BCUT2D eigenvalue weighted by Crippen LogP contribution is -2.37. The summed E-state index contributed by atoms with van der Waals surface area (Å²) in [6.07, 6.45) is 4.66. The second-order valence-corrected chi connectivity index (χ2v) is 6.78. The third kappa shape index (κ3) is 5.36. The second kappa shape index (κ2) is 9.60. The predicted octanol–water partition coefficient (Wildman–Crippen LogP) is 2.85. The zero-order valence-corrected chi connectivity index (χ0v) is 16.8. The van der Waals surface area contributed by atoms with Gasteiger partial charge in [-0.15, -0.1) is 0 Å². The van der Waals surface area contributed by atoms with Crippen LogP contribution in [0.25, 0.3) is 5.69 Å². The molecule has 0 fully saturated rings. The molecule has 3 aromatic rings. The molecule has 146 valence electrons. The molecule has 0 aliphatic heterocycles. The van der Waals surface area contributed by atoms with Gasteiger partial charge < -0.3 is 15.5 Å². The molecule has 1 heterocycles. The number of anilines is 1. The van der Waals surface area contributed by atoms with E-state index < -0.39 is 0 Å². The summed E-state index contributed by atoms with van der Waals surface area (Å²) >= 11 is 0. The van der Waals surface area contributed by atoms with Crippen LogP contribution >= 0.6 is 0 Å². The number of benzene rings is 2. The molecule has 0 spiro atoms. The predicted molar refractivity (Wildman–Crippen MR) is 116 cm³/mol. The van der Waals surface area contributed by atoms with Gasteiger partial charge in [-0.2, -0.15) is 5.10 Å². The van der Waals surface area contributed by atoms with Gasteiger partial charge in [0.25, 0.3) is 0 Å². The number of aromatic nitrogens is 2. The van der Waals surface area contributed by atoms with Gasteiger partial charge >= 0.3 is 0 Å². The SMILES string of the molecule is CN=C(NCCc1ccc(-n2cccn2)cc1)NCc1ccc(N(C)C)cc1. The summed E-state index contributed by atoms with van der Waals surface area (Å²) in [6.45, 7) is 1.56. The van der Waals surface area contributed by atoms with E-state index in [2.05, 4.69) is 74.2 Å². The molecular weight excluding hydrogens is 348 g/mol. The molecule has 3 rings (SSSR count). The Bertz CT molecular complexity index is 864. The topological polar surface area (TPSA) is 57.5 Å². The van der Waals surface area contributed by atoms with Gasteiger partial charge in [-0.05, 0) is 47.9 Å². The van der Waals surface area contributed by atoms with Gasteiger partial charge in [0.2, 0.25) is 0 Å². The number of rotatable bonds is 7. The minimum atomic E-state index is 0.742. The summed E-state index contributed by atoms with van der Waals surface area (Å²) in [5, 5.41) is 11.0. The molecule has 0 aliphatic carbocycles. The lowest BCUT2D eigenvalue weighted by molar-refractivity contribution is 0.794. The van der Waals surface area contributed by atoms with E-state index in [1.54, 1.807) is 13.2 Å². The van der Waals surface area contributed by atoms with Crippen molar-refractivity contribution in [2.24, 2.45) is 4.99 Å². The molecule has 0 unspecified atom stereocenters. The van der Waals surface area contributed by atoms with Gasteiger partial charge in [-0.1, -0.05) is 24.3 Å². The van der Waals surface area contributed by atoms with E-state index >= 15 is 0 Å². The molecule has 0 saturated carbocycles. The zero-order chi connectivity index (χ0) is 19.8. The fraction of sp³-hybridized carbons (Fsp3) is 0.273. The van der Waals surface area contributed by atoms with Gasteiger partial charge in [0, 0.05) is 52.3 Å². The molecule has 2 N–H and O–H groups in total. The summed E-state index contributed by atoms with van der Waals surface area (Å²) < 4.78 is 1.86. The largest absolute Gasteiger partial charge is 0.378 e. The van der Waals surface area contributed by atoms with Crippen molar-refractivity contribution in [1.82, 2.24) is 20.4 Å². The van der Waals surface area contributed by atoms with Crippen LogP contribution in [0.2, 0.25) is 0 Å². The summed E-state index contributed by atoms with van der Waals surface area (Å²) in [5.41, 5.74) is 4.77. The molecule has 0 bridgehead atoms. The highest BCUT2D eigenvalue weighted by atomic mass is 15.3. The molecule has 2 aromatic carbocycles. The Morgan fingerprint density at radius 3 is 2.32 bits per heavy atom. The third-order valence-electron chi connectivity index (χ3n) is 4.55. The van der Waals surface area contributed by atoms with E-state index in [9.17, 15) is 0 Å². The third-order valence-corrected chi connectivity index (χ3v) is 4.55. The lowest BCUT2D eigenvalue weighted by atomic mass is 10.1. The van der Waals surface area contributed by atoms with Crippen molar-refractivity contribution in [2.75, 3.05) is 32.6 Å². The highest BCUT2D eigenvalue weighted by Crippen LogP contribution is 2.12. The summed E-state index contributed by atoms with van der Waals surface area (Å²) in [4.78, 5) is 6.40. The van der Waals surface area contributed by atoms with Crippen LogP contribution in [0.5, 0.6) is 0 Å². The minimum absolute atomic E-state index is 0.742. The summed E-state index contributed by atoms with van der Waals surface area (Å²) in [5.74, 6) is 0.810. The Hall–Kier alpha value is -3.28. The highest BCUT2D eigenvalue weighted by Gasteiger charge is 2.01. The molecule has 0 atom stereocenters. The van der Waals surface area contributed by atoms with Gasteiger partial charge in [0.05, 0.1) is 5.69 Å². The van der Waals surface area contributed by atoms with Crippen LogP contribution in [-0.2, 0) is 13.0 Å². The van der Waals surface area contributed by atoms with Crippen LogP contribution < -0.4 is 15.5 Å². The van der Waals surface area contributed by atoms with E-state index in [1.807, 2.05) is 31.0 Å². The van der Waals surface area contributed by atoms with Crippen molar-refractivity contribution >= 4 is 11.6 Å². The van der Waals surface area contributed by atoms with Crippen LogP contribution in [0.4, 0.5) is 5.69 Å². The van der Waals surface area contributed by atoms with Crippen LogP contribution in [0.15, 0.2) is 72.0 Å². The van der Waals surface area contributed by atoms with Crippen molar-refractivity contribution in [3.05, 3.63) is 78.1 Å². The summed E-state index contributed by atoms with van der Waals surface area (Å²) in [7, 11) is 5.89. The molecule has 6 heteroatoms. The van der Waals surface area contributed by atoms with Crippen LogP contribution in [0.1, 0.15) is 11.1 Å². The number of hydrogen-bond acceptors (Lipinski definition) is 3. The fourth-order valence-electron chi connectivity index (χ4n) is 2.88. The maximum absolute atomic E-state index is 4.30. The van der Waals surface area contributed by atoms with Crippen LogP contribution in [-0.4, -0.2) is 43.4 Å². The first-order chi connectivity index (χ1) is 13.7. The van der Waals surface area contributed by atoms with Crippen molar-refractivity contribution < 1.29 is 0 Å². The number of nitrogens with zero attached hydrogens (tertiary/aromatic N) is 4. The number of guanidine groups is 1. The first-order valence-electron chi connectivity index (χ1n) is 9.45. The smallest absolute Gasteiger partial charge is 0.191 e. The zero-order valence-electron chi connectivity index (χ0n) is 16.8. The van der Waals surface area contributed by atoms with Gasteiger partial charge in [-0.25, -0.2) is 4.68 Å². The molecule has 0 amide bonds. The summed E-state index contributed by atoms with van der Waals surface area (Å²) in [6, 6.07) is 18.9. The molecule has 28 heavy (non-hydrogen) atoms. The monoisotopic (exact) mass is 376 g/mol. The molecule has 0 radical (unpaired) electrons. The van der Waals surface area contributed by atoms with Crippen molar-refractivity contribution in [2.45, 2.75) is 13.0 Å². The molecular formula is C22H28N6. The maximum atomic E-state index is 4.30. The Kier molecular flexibility index (Phi) is 6.68. The Morgan fingerprint density at radius 2 is 1.71 bits per heavy atom. The Morgan fingerprint density at radius 1 is 1.00 bits per heavy atom.